The summed E-state index contributed by atoms with van der Waals surface area (Å²) in [5.74, 6) is 0.706. The monoisotopic (exact) mass is 425 g/mol. The van der Waals surface area contributed by atoms with Crippen LogP contribution in [0.3, 0.4) is 0 Å². The predicted molar refractivity (Wildman–Crippen MR) is 122 cm³/mol. The van der Waals surface area contributed by atoms with Crippen molar-refractivity contribution in [3.8, 4) is 0 Å². The lowest BCUT2D eigenvalue weighted by Crippen LogP contribution is -2.40. The first-order chi connectivity index (χ1) is 14.5. The molecule has 0 aliphatic carbocycles. The molecule has 30 heavy (non-hydrogen) atoms. The van der Waals surface area contributed by atoms with Crippen molar-refractivity contribution in [1.29, 1.82) is 5.41 Å². The molecule has 4 N–H and O–H groups in total. The molecule has 1 atom stereocenters. The van der Waals surface area contributed by atoms with E-state index in [4.69, 9.17) is 26.7 Å². The fourth-order valence-corrected chi connectivity index (χ4v) is 4.41. The maximum atomic E-state index is 8.67. The van der Waals surface area contributed by atoms with Crippen LogP contribution in [0, 0.1) is 11.3 Å². The van der Waals surface area contributed by atoms with Crippen molar-refractivity contribution in [1.82, 2.24) is 16.0 Å². The first-order valence-corrected chi connectivity index (χ1v) is 10.8. The van der Waals surface area contributed by atoms with Crippen LogP contribution in [-0.4, -0.2) is 37.9 Å². The van der Waals surface area contributed by atoms with Gasteiger partial charge in [-0.05, 0) is 38.8 Å². The van der Waals surface area contributed by atoms with Crippen LogP contribution in [0.25, 0.3) is 0 Å². The van der Waals surface area contributed by atoms with Gasteiger partial charge in [0.2, 0.25) is 0 Å². The van der Waals surface area contributed by atoms with E-state index in [1.165, 1.54) is 5.70 Å². The van der Waals surface area contributed by atoms with Crippen molar-refractivity contribution >= 4 is 23.1 Å². The van der Waals surface area contributed by atoms with Crippen molar-refractivity contribution in [2.75, 3.05) is 20.3 Å². The van der Waals surface area contributed by atoms with Crippen LogP contribution >= 0.6 is 11.6 Å². The summed E-state index contributed by atoms with van der Waals surface area (Å²) in [6.07, 6.45) is 4.14. The zero-order valence-electron chi connectivity index (χ0n) is 17.6. The second kappa shape index (κ2) is 8.66. The lowest BCUT2D eigenvalue weighted by atomic mass is 9.88. The van der Waals surface area contributed by atoms with Crippen LogP contribution in [0.1, 0.15) is 32.3 Å². The molecule has 1 fully saturated rings. The number of halogens is 1. The summed E-state index contributed by atoms with van der Waals surface area (Å²) in [5.41, 5.74) is 6.17. The summed E-state index contributed by atoms with van der Waals surface area (Å²) in [4.78, 5) is 4.95. The molecule has 3 heterocycles. The predicted octanol–water partition coefficient (Wildman–Crippen LogP) is 3.72. The largest absolute Gasteiger partial charge is 0.390 e. The molecule has 0 saturated carbocycles. The highest BCUT2D eigenvalue weighted by atomic mass is 35.5. The van der Waals surface area contributed by atoms with Crippen LogP contribution in [0.5, 0.6) is 0 Å². The van der Waals surface area contributed by atoms with E-state index in [9.17, 15) is 0 Å². The van der Waals surface area contributed by atoms with Gasteiger partial charge in [-0.25, -0.2) is 4.99 Å². The summed E-state index contributed by atoms with van der Waals surface area (Å²) >= 11 is 6.58. The van der Waals surface area contributed by atoms with Crippen molar-refractivity contribution in [2.45, 2.75) is 32.7 Å². The Balaban J connectivity index is 1.88. The molecule has 1 aromatic rings. The molecule has 158 valence electrons. The van der Waals surface area contributed by atoms with Gasteiger partial charge in [0.05, 0.1) is 11.8 Å². The summed E-state index contributed by atoms with van der Waals surface area (Å²) < 4.78 is 5.54. The number of nitrogens with zero attached hydrogens (tertiary/aromatic N) is 1. The van der Waals surface area contributed by atoms with E-state index in [2.05, 4.69) is 29.0 Å². The number of hydrogen-bond acceptors (Lipinski definition) is 5. The third-order valence-corrected chi connectivity index (χ3v) is 6.23. The number of dihydropyridines is 1. The third kappa shape index (κ3) is 3.89. The summed E-state index contributed by atoms with van der Waals surface area (Å²) in [6, 6.07) is 7.76. The van der Waals surface area contributed by atoms with Crippen LogP contribution in [0.2, 0.25) is 5.02 Å². The van der Waals surface area contributed by atoms with Gasteiger partial charge in [-0.3, -0.25) is 5.41 Å². The maximum absolute atomic E-state index is 8.67. The molecule has 0 radical (unpaired) electrons. The molecule has 1 unspecified atom stereocenters. The van der Waals surface area contributed by atoms with E-state index in [1.54, 1.807) is 0 Å². The van der Waals surface area contributed by atoms with Gasteiger partial charge < -0.3 is 20.7 Å². The van der Waals surface area contributed by atoms with E-state index < -0.39 is 0 Å². The molecule has 4 rings (SSSR count). The Morgan fingerprint density at radius 2 is 2.00 bits per heavy atom. The highest BCUT2D eigenvalue weighted by Crippen LogP contribution is 2.32. The zero-order chi connectivity index (χ0) is 21.3. The molecule has 7 heteroatoms. The summed E-state index contributed by atoms with van der Waals surface area (Å²) in [5, 5.41) is 19.5. The Bertz CT molecular complexity index is 985. The Kier molecular flexibility index (Phi) is 5.97. The van der Waals surface area contributed by atoms with Gasteiger partial charge in [0, 0.05) is 59.4 Å². The van der Waals surface area contributed by atoms with E-state index >= 15 is 0 Å². The van der Waals surface area contributed by atoms with Crippen LogP contribution in [-0.2, 0) is 4.74 Å². The van der Waals surface area contributed by atoms with Crippen LogP contribution in [0.4, 0.5) is 0 Å². The smallest absolute Gasteiger partial charge is 0.150 e. The first kappa shape index (κ1) is 20.7. The molecule has 3 aliphatic heterocycles. The van der Waals surface area contributed by atoms with E-state index in [1.807, 2.05) is 38.2 Å². The molecule has 0 bridgehead atoms. The van der Waals surface area contributed by atoms with Crippen LogP contribution in [0.15, 0.2) is 63.7 Å². The molecule has 1 aromatic carbocycles. The number of allylic oxidation sites excluding steroid dienone is 3. The van der Waals surface area contributed by atoms with Gasteiger partial charge >= 0.3 is 0 Å². The highest BCUT2D eigenvalue weighted by molar-refractivity contribution is 6.36. The molecular formula is C23H28ClN5O. The second-order valence-corrected chi connectivity index (χ2v) is 8.25. The maximum Gasteiger partial charge on any atom is 0.150 e. The highest BCUT2D eigenvalue weighted by Gasteiger charge is 2.32. The number of benzene rings is 1. The van der Waals surface area contributed by atoms with Crippen molar-refractivity contribution in [2.24, 2.45) is 10.9 Å². The second-order valence-electron chi connectivity index (χ2n) is 7.84. The lowest BCUT2D eigenvalue weighted by Gasteiger charge is -2.33. The fraction of sp³-hybridized carbons (Fsp3) is 0.391. The lowest BCUT2D eigenvalue weighted by molar-refractivity contribution is 0.0737. The summed E-state index contributed by atoms with van der Waals surface area (Å²) in [7, 11) is 1.84. The average molecular weight is 426 g/mol. The quantitative estimate of drug-likeness (QED) is 0.595. The van der Waals surface area contributed by atoms with Gasteiger partial charge in [0.15, 0.2) is 5.84 Å². The number of hydrogen-bond donors (Lipinski definition) is 4. The fourth-order valence-electron chi connectivity index (χ4n) is 4.18. The molecule has 6 nitrogen and oxygen atoms in total. The van der Waals surface area contributed by atoms with Gasteiger partial charge in [0.25, 0.3) is 0 Å². The number of aliphatic imine (C=N–C) groups is 1. The Labute approximate surface area is 182 Å². The van der Waals surface area contributed by atoms with E-state index in [0.29, 0.717) is 16.6 Å². The summed E-state index contributed by atoms with van der Waals surface area (Å²) in [6.45, 7) is 5.63. The molecule has 0 spiro atoms. The average Bonchev–Trinajstić information content (AvgIpc) is 2.90. The van der Waals surface area contributed by atoms with Gasteiger partial charge in [-0.15, -0.1) is 0 Å². The van der Waals surface area contributed by atoms with Crippen LogP contribution < -0.4 is 16.0 Å². The van der Waals surface area contributed by atoms with Crippen molar-refractivity contribution in [3.63, 3.8) is 0 Å². The van der Waals surface area contributed by atoms with Crippen molar-refractivity contribution in [3.05, 3.63) is 69.3 Å². The number of ether oxygens (including phenoxy) is 1. The normalized spacial score (nSPS) is 24.1. The minimum Gasteiger partial charge on any atom is -0.390 e. The third-order valence-electron chi connectivity index (χ3n) is 5.90. The molecule has 1 saturated heterocycles. The topological polar surface area (TPSA) is 81.5 Å². The van der Waals surface area contributed by atoms with E-state index in [0.717, 1.165) is 54.3 Å². The zero-order valence-corrected chi connectivity index (χ0v) is 18.4. The number of nitrogens with one attached hydrogen (secondary N) is 4. The Hall–Kier alpha value is -2.57. The van der Waals surface area contributed by atoms with Gasteiger partial charge in [0.1, 0.15) is 5.70 Å². The SMILES string of the molecule is CN/C(C)=C1/N=C(c2ccccc2Cl)C2=C(C=C(C3CCOCC3)NC2C)NC1=N. The number of amidine groups is 1. The molecule has 0 amide bonds. The number of rotatable bonds is 3. The van der Waals surface area contributed by atoms with E-state index in [-0.39, 0.29) is 11.9 Å². The minimum absolute atomic E-state index is 0.0207. The van der Waals surface area contributed by atoms with Crippen molar-refractivity contribution < 1.29 is 4.74 Å². The van der Waals surface area contributed by atoms with Gasteiger partial charge in [-0.2, -0.15) is 0 Å². The minimum atomic E-state index is 0.0207. The standard InChI is InChI=1S/C23H28ClN5O/c1-13-20-19(12-18(27-13)15-8-10-30-11-9-15)28-23(25)21(14(2)26-3)29-22(20)16-6-4-5-7-17(16)24/h4-7,12-13,15,26-27H,8-11H2,1-3H3,(H2,25,28)/b21-14+. The molecule has 0 aromatic heterocycles. The van der Waals surface area contributed by atoms with Gasteiger partial charge in [-0.1, -0.05) is 29.8 Å². The molecular weight excluding hydrogens is 398 g/mol. The Morgan fingerprint density at radius 1 is 1.27 bits per heavy atom. The Morgan fingerprint density at radius 3 is 2.70 bits per heavy atom. The first-order valence-electron chi connectivity index (χ1n) is 10.4. The molecule has 3 aliphatic rings.